The number of aryl methyl sites for hydroxylation is 2. The molecule has 2 rings (SSSR count). The molecule has 0 amide bonds. The van der Waals surface area contributed by atoms with Crippen LogP contribution in [-0.4, -0.2) is 25.7 Å². The smallest absolute Gasteiger partial charge is 0.240 e. The van der Waals surface area contributed by atoms with Crippen LogP contribution in [-0.2, 0) is 10.0 Å². The maximum absolute atomic E-state index is 12.1. The molecule has 1 aromatic carbocycles. The molecule has 0 spiro atoms. The summed E-state index contributed by atoms with van der Waals surface area (Å²) in [4.78, 5) is 0.288. The first-order chi connectivity index (χ1) is 8.32. The van der Waals surface area contributed by atoms with Gasteiger partial charge in [-0.2, -0.15) is 0 Å². The highest BCUT2D eigenvalue weighted by Gasteiger charge is 2.35. The van der Waals surface area contributed by atoms with Gasteiger partial charge in [0.25, 0.3) is 0 Å². The van der Waals surface area contributed by atoms with E-state index in [1.54, 1.807) is 19.1 Å². The Labute approximate surface area is 108 Å². The van der Waals surface area contributed by atoms with Crippen LogP contribution in [0.3, 0.4) is 0 Å². The van der Waals surface area contributed by atoms with Crippen LogP contribution in [0.1, 0.15) is 30.4 Å². The zero-order valence-corrected chi connectivity index (χ0v) is 11.5. The Bertz CT molecular complexity index is 547. The topological polar surface area (TPSA) is 66.4 Å². The van der Waals surface area contributed by atoms with E-state index >= 15 is 0 Å². The molecule has 0 aliphatic heterocycles. The normalized spacial score (nSPS) is 18.4. The molecule has 0 radical (unpaired) electrons. The van der Waals surface area contributed by atoms with Crippen LogP contribution in [0.5, 0.6) is 0 Å². The molecule has 18 heavy (non-hydrogen) atoms. The number of hydrogen-bond donors (Lipinski definition) is 2. The molecule has 0 saturated heterocycles. The minimum absolute atomic E-state index is 0.0999. The number of sulfonamides is 1. The summed E-state index contributed by atoms with van der Waals surface area (Å²) in [7, 11) is -3.53. The van der Waals surface area contributed by atoms with Crippen LogP contribution >= 0.6 is 0 Å². The Kier molecular flexibility index (Phi) is 3.49. The van der Waals surface area contributed by atoms with Crippen molar-refractivity contribution in [3.63, 3.8) is 0 Å². The number of hydrogen-bond acceptors (Lipinski definition) is 3. The molecule has 4 nitrogen and oxygen atoms in total. The lowest BCUT2D eigenvalue weighted by molar-refractivity contribution is -0.0270. The van der Waals surface area contributed by atoms with Crippen molar-refractivity contribution >= 4 is 10.0 Å². The number of rotatable bonds is 4. The summed E-state index contributed by atoms with van der Waals surface area (Å²) >= 11 is 0. The van der Waals surface area contributed by atoms with Gasteiger partial charge in [-0.15, -0.1) is 0 Å². The highest BCUT2D eigenvalue weighted by Crippen LogP contribution is 2.31. The number of nitrogens with one attached hydrogen (secondary N) is 1. The zero-order chi connectivity index (χ0) is 13.4. The van der Waals surface area contributed by atoms with E-state index in [1.807, 2.05) is 13.0 Å². The third kappa shape index (κ3) is 2.74. The Hall–Kier alpha value is -0.910. The van der Waals surface area contributed by atoms with E-state index in [0.29, 0.717) is 12.8 Å². The van der Waals surface area contributed by atoms with E-state index < -0.39 is 15.6 Å². The first-order valence-electron chi connectivity index (χ1n) is 6.12. The quantitative estimate of drug-likeness (QED) is 0.870. The van der Waals surface area contributed by atoms with Crippen LogP contribution in [0.15, 0.2) is 23.1 Å². The summed E-state index contributed by atoms with van der Waals surface area (Å²) in [6, 6.07) is 5.23. The van der Waals surface area contributed by atoms with E-state index in [0.717, 1.165) is 17.5 Å². The minimum Gasteiger partial charge on any atom is -0.389 e. The fourth-order valence-electron chi connectivity index (χ4n) is 2.17. The first kappa shape index (κ1) is 13.5. The summed E-state index contributed by atoms with van der Waals surface area (Å²) in [6.07, 6.45) is 2.30. The van der Waals surface area contributed by atoms with Crippen molar-refractivity contribution in [2.24, 2.45) is 0 Å². The predicted molar refractivity (Wildman–Crippen MR) is 69.9 cm³/mol. The summed E-state index contributed by atoms with van der Waals surface area (Å²) in [6.45, 7) is 3.80. The third-order valence-corrected chi connectivity index (χ3v) is 5.06. The molecule has 1 aliphatic rings. The van der Waals surface area contributed by atoms with Crippen LogP contribution in [0, 0.1) is 13.8 Å². The van der Waals surface area contributed by atoms with Gasteiger partial charge in [0.05, 0.1) is 10.5 Å². The Morgan fingerprint density at radius 3 is 2.50 bits per heavy atom. The van der Waals surface area contributed by atoms with Crippen molar-refractivity contribution in [2.75, 3.05) is 6.54 Å². The molecule has 0 bridgehead atoms. The zero-order valence-electron chi connectivity index (χ0n) is 10.7. The number of aliphatic hydroxyl groups is 1. The molecule has 0 unspecified atom stereocenters. The fourth-order valence-corrected chi connectivity index (χ4v) is 3.51. The van der Waals surface area contributed by atoms with Crippen molar-refractivity contribution in [2.45, 2.75) is 43.6 Å². The molecule has 0 heterocycles. The van der Waals surface area contributed by atoms with Gasteiger partial charge >= 0.3 is 0 Å². The maximum Gasteiger partial charge on any atom is 0.240 e. The standard InChI is InChI=1S/C13H19NO3S/c1-10-4-5-12(11(2)8-10)18(16,17)14-9-13(15)6-3-7-13/h4-5,8,14-15H,3,6-7,9H2,1-2H3. The lowest BCUT2D eigenvalue weighted by Gasteiger charge is -2.36. The van der Waals surface area contributed by atoms with Gasteiger partial charge in [0, 0.05) is 6.54 Å². The Morgan fingerprint density at radius 1 is 1.33 bits per heavy atom. The minimum atomic E-state index is -3.53. The predicted octanol–water partition coefficient (Wildman–Crippen LogP) is 1.50. The molecule has 1 aliphatic carbocycles. The highest BCUT2D eigenvalue weighted by molar-refractivity contribution is 7.89. The van der Waals surface area contributed by atoms with E-state index in [4.69, 9.17) is 0 Å². The van der Waals surface area contributed by atoms with Crippen molar-refractivity contribution in [1.29, 1.82) is 0 Å². The molecule has 5 heteroatoms. The highest BCUT2D eigenvalue weighted by atomic mass is 32.2. The van der Waals surface area contributed by atoms with Gasteiger partial charge < -0.3 is 5.11 Å². The van der Waals surface area contributed by atoms with E-state index in [1.165, 1.54) is 0 Å². The van der Waals surface area contributed by atoms with Gasteiger partial charge in [0.1, 0.15) is 0 Å². The van der Waals surface area contributed by atoms with Gasteiger partial charge in [-0.3, -0.25) is 0 Å². The van der Waals surface area contributed by atoms with Crippen molar-refractivity contribution < 1.29 is 13.5 Å². The molecule has 1 saturated carbocycles. The van der Waals surface area contributed by atoms with Crippen molar-refractivity contribution in [3.05, 3.63) is 29.3 Å². The summed E-state index contributed by atoms with van der Waals surface area (Å²) in [5.41, 5.74) is 0.915. The molecule has 1 aromatic rings. The van der Waals surface area contributed by atoms with E-state index in [-0.39, 0.29) is 11.4 Å². The molecule has 100 valence electrons. The second kappa shape index (κ2) is 4.64. The van der Waals surface area contributed by atoms with Gasteiger partial charge in [0.2, 0.25) is 10.0 Å². The Balaban J connectivity index is 2.15. The Morgan fingerprint density at radius 2 is 2.00 bits per heavy atom. The average Bonchev–Trinajstić information content (AvgIpc) is 2.23. The molecular weight excluding hydrogens is 250 g/mol. The second-order valence-electron chi connectivity index (χ2n) is 5.17. The van der Waals surface area contributed by atoms with Crippen molar-refractivity contribution in [1.82, 2.24) is 4.72 Å². The van der Waals surface area contributed by atoms with E-state index in [9.17, 15) is 13.5 Å². The van der Waals surface area contributed by atoms with Crippen LogP contribution in [0.2, 0.25) is 0 Å². The average molecular weight is 269 g/mol. The molecule has 0 aromatic heterocycles. The maximum atomic E-state index is 12.1. The van der Waals surface area contributed by atoms with Crippen molar-refractivity contribution in [3.8, 4) is 0 Å². The van der Waals surface area contributed by atoms with Gasteiger partial charge in [-0.25, -0.2) is 13.1 Å². The summed E-state index contributed by atoms with van der Waals surface area (Å²) in [5, 5.41) is 9.91. The molecular formula is C13H19NO3S. The van der Waals surface area contributed by atoms with E-state index in [2.05, 4.69) is 4.72 Å². The van der Waals surface area contributed by atoms with Crippen LogP contribution < -0.4 is 4.72 Å². The SMILES string of the molecule is Cc1ccc(S(=O)(=O)NCC2(O)CCC2)c(C)c1. The largest absolute Gasteiger partial charge is 0.389 e. The summed E-state index contributed by atoms with van der Waals surface area (Å²) < 4.78 is 26.8. The van der Waals surface area contributed by atoms with Crippen LogP contribution in [0.25, 0.3) is 0 Å². The fraction of sp³-hybridized carbons (Fsp3) is 0.538. The lowest BCUT2D eigenvalue weighted by atomic mass is 9.81. The monoisotopic (exact) mass is 269 g/mol. The third-order valence-electron chi connectivity index (χ3n) is 3.50. The second-order valence-corrected chi connectivity index (χ2v) is 6.91. The lowest BCUT2D eigenvalue weighted by Crippen LogP contribution is -2.47. The van der Waals surface area contributed by atoms with Gasteiger partial charge in [0.15, 0.2) is 0 Å². The molecule has 0 atom stereocenters. The molecule has 1 fully saturated rings. The summed E-state index contributed by atoms with van der Waals surface area (Å²) in [5.74, 6) is 0. The van der Waals surface area contributed by atoms with Crippen LogP contribution in [0.4, 0.5) is 0 Å². The molecule has 2 N–H and O–H groups in total. The first-order valence-corrected chi connectivity index (χ1v) is 7.60. The number of benzene rings is 1. The van der Waals surface area contributed by atoms with Gasteiger partial charge in [-0.05, 0) is 44.7 Å². The van der Waals surface area contributed by atoms with Gasteiger partial charge in [-0.1, -0.05) is 17.7 Å².